The lowest BCUT2D eigenvalue weighted by Crippen LogP contribution is -2.32. The predicted molar refractivity (Wildman–Crippen MR) is 81.9 cm³/mol. The molecule has 21 heavy (non-hydrogen) atoms. The van der Waals surface area contributed by atoms with Crippen LogP contribution in [0, 0.1) is 6.92 Å². The molecule has 1 atom stereocenters. The first-order chi connectivity index (χ1) is 10.1. The number of amides is 1. The molecule has 0 aromatic carbocycles. The lowest BCUT2D eigenvalue weighted by molar-refractivity contribution is 0.0952. The van der Waals surface area contributed by atoms with E-state index in [1.165, 1.54) is 10.4 Å². The molecule has 2 aromatic heterocycles. The fourth-order valence-electron chi connectivity index (χ4n) is 2.90. The highest BCUT2D eigenvalue weighted by Crippen LogP contribution is 2.34. The number of nitrogen functional groups attached to an aromatic ring is 1. The number of furan rings is 1. The summed E-state index contributed by atoms with van der Waals surface area (Å²) in [5.41, 5.74) is 4.07. The average Bonchev–Trinajstić information content (AvgIpc) is 3.08. The molecule has 1 aliphatic heterocycles. The number of thiophene rings is 1. The highest BCUT2D eigenvalue weighted by Gasteiger charge is 2.26. The van der Waals surface area contributed by atoms with Crippen LogP contribution in [0.5, 0.6) is 0 Å². The summed E-state index contributed by atoms with van der Waals surface area (Å²) >= 11 is 1.83. The van der Waals surface area contributed by atoms with E-state index in [0.29, 0.717) is 23.9 Å². The second kappa shape index (κ2) is 5.63. The van der Waals surface area contributed by atoms with E-state index in [2.05, 4.69) is 28.7 Å². The lowest BCUT2D eigenvalue weighted by Gasteiger charge is -2.32. The minimum absolute atomic E-state index is 0.311. The van der Waals surface area contributed by atoms with Gasteiger partial charge in [-0.05, 0) is 43.3 Å². The van der Waals surface area contributed by atoms with E-state index in [9.17, 15) is 4.79 Å². The van der Waals surface area contributed by atoms with E-state index in [1.54, 1.807) is 13.0 Å². The van der Waals surface area contributed by atoms with Gasteiger partial charge in [-0.2, -0.15) is 0 Å². The van der Waals surface area contributed by atoms with Gasteiger partial charge in [0, 0.05) is 17.5 Å². The molecule has 0 radical (unpaired) electrons. The van der Waals surface area contributed by atoms with Crippen LogP contribution < -0.4 is 11.3 Å². The Bertz CT molecular complexity index is 662. The fraction of sp³-hybridized carbons (Fsp3) is 0.400. The summed E-state index contributed by atoms with van der Waals surface area (Å²) in [5, 5.41) is 2.16. The van der Waals surface area contributed by atoms with Crippen molar-refractivity contribution in [3.05, 3.63) is 45.0 Å². The topological polar surface area (TPSA) is 71.5 Å². The maximum Gasteiger partial charge on any atom is 0.268 e. The zero-order valence-electron chi connectivity index (χ0n) is 12.2. The summed E-state index contributed by atoms with van der Waals surface area (Å²) in [6.45, 7) is 5.71. The maximum absolute atomic E-state index is 11.6. The van der Waals surface area contributed by atoms with Crippen LogP contribution in [0.15, 0.2) is 21.9 Å². The van der Waals surface area contributed by atoms with Crippen LogP contribution in [-0.4, -0.2) is 17.4 Å². The van der Waals surface area contributed by atoms with E-state index < -0.39 is 0 Å². The van der Waals surface area contributed by atoms with Crippen molar-refractivity contribution in [1.82, 2.24) is 10.3 Å². The Labute approximate surface area is 127 Å². The van der Waals surface area contributed by atoms with Gasteiger partial charge < -0.3 is 4.42 Å². The van der Waals surface area contributed by atoms with Crippen LogP contribution in [0.25, 0.3) is 0 Å². The molecule has 3 rings (SSSR count). The number of nitrogens with zero attached hydrogens (tertiary/aromatic N) is 1. The molecule has 6 heteroatoms. The van der Waals surface area contributed by atoms with Crippen molar-refractivity contribution in [3.63, 3.8) is 0 Å². The van der Waals surface area contributed by atoms with E-state index in [1.807, 2.05) is 11.3 Å². The molecule has 0 bridgehead atoms. The Hall–Kier alpha value is -1.63. The minimum atomic E-state index is -0.311. The molecule has 0 spiro atoms. The molecule has 0 saturated heterocycles. The highest BCUT2D eigenvalue weighted by molar-refractivity contribution is 7.10. The van der Waals surface area contributed by atoms with Gasteiger partial charge in [0.2, 0.25) is 0 Å². The molecule has 1 amide bonds. The molecule has 0 saturated carbocycles. The van der Waals surface area contributed by atoms with Crippen molar-refractivity contribution in [2.75, 3.05) is 6.54 Å². The van der Waals surface area contributed by atoms with E-state index in [0.717, 1.165) is 18.7 Å². The third-order valence-electron chi connectivity index (χ3n) is 4.11. The number of hydrazine groups is 1. The molecular formula is C15H19N3O2S. The Kier molecular flexibility index (Phi) is 3.84. The normalized spacial score (nSPS) is 18.5. The van der Waals surface area contributed by atoms with Crippen LogP contribution in [0.1, 0.15) is 45.3 Å². The van der Waals surface area contributed by atoms with Gasteiger partial charge in [-0.25, -0.2) is 5.84 Å². The lowest BCUT2D eigenvalue weighted by atomic mass is 10.0. The van der Waals surface area contributed by atoms with Crippen molar-refractivity contribution in [1.29, 1.82) is 0 Å². The summed E-state index contributed by atoms with van der Waals surface area (Å²) in [5.74, 6) is 6.28. The van der Waals surface area contributed by atoms with E-state index in [-0.39, 0.29) is 5.91 Å². The number of nitrogens with one attached hydrogen (secondary N) is 1. The van der Waals surface area contributed by atoms with Crippen LogP contribution in [-0.2, 0) is 13.0 Å². The quantitative estimate of drug-likeness (QED) is 0.519. The van der Waals surface area contributed by atoms with Gasteiger partial charge in [0.1, 0.15) is 11.5 Å². The number of aryl methyl sites for hydroxylation is 1. The first-order valence-corrected chi connectivity index (χ1v) is 7.88. The number of hydrogen-bond acceptors (Lipinski definition) is 5. The molecular weight excluding hydrogens is 286 g/mol. The Morgan fingerprint density at radius 3 is 3.19 bits per heavy atom. The summed E-state index contributed by atoms with van der Waals surface area (Å²) in [4.78, 5) is 15.5. The molecule has 3 heterocycles. The van der Waals surface area contributed by atoms with Crippen molar-refractivity contribution < 1.29 is 9.21 Å². The summed E-state index contributed by atoms with van der Waals surface area (Å²) < 4.78 is 5.70. The third-order valence-corrected chi connectivity index (χ3v) is 5.10. The Morgan fingerprint density at radius 2 is 2.43 bits per heavy atom. The Morgan fingerprint density at radius 1 is 1.62 bits per heavy atom. The second-order valence-electron chi connectivity index (χ2n) is 5.35. The van der Waals surface area contributed by atoms with Crippen LogP contribution in [0.2, 0.25) is 0 Å². The smallest absolute Gasteiger partial charge is 0.268 e. The number of carbonyl (C=O) groups excluding carboxylic acids is 1. The summed E-state index contributed by atoms with van der Waals surface area (Å²) in [7, 11) is 0. The zero-order valence-corrected chi connectivity index (χ0v) is 13.0. The number of hydrogen-bond donors (Lipinski definition) is 2. The van der Waals surface area contributed by atoms with E-state index >= 15 is 0 Å². The standard InChI is InChI=1S/C15H19N3O2S/c1-9-12-4-6-21-14(12)3-5-18(9)8-11-7-13(10(2)20-11)15(19)17-16/h4,6-7,9H,3,5,8,16H2,1-2H3,(H,17,19). The molecule has 112 valence electrons. The number of carbonyl (C=O) groups is 1. The van der Waals surface area contributed by atoms with E-state index in [4.69, 9.17) is 10.3 Å². The van der Waals surface area contributed by atoms with Crippen LogP contribution in [0.4, 0.5) is 0 Å². The van der Waals surface area contributed by atoms with Gasteiger partial charge in [-0.3, -0.25) is 15.1 Å². The van der Waals surface area contributed by atoms with Crippen molar-refractivity contribution in [2.24, 2.45) is 5.84 Å². The molecule has 1 unspecified atom stereocenters. The van der Waals surface area contributed by atoms with Gasteiger partial charge >= 0.3 is 0 Å². The van der Waals surface area contributed by atoms with Gasteiger partial charge in [0.25, 0.3) is 5.91 Å². The molecule has 5 nitrogen and oxygen atoms in total. The number of nitrogens with two attached hydrogens (primary N) is 1. The van der Waals surface area contributed by atoms with Gasteiger partial charge in [0.15, 0.2) is 0 Å². The molecule has 3 N–H and O–H groups in total. The maximum atomic E-state index is 11.6. The van der Waals surface area contributed by atoms with Gasteiger partial charge in [0.05, 0.1) is 12.1 Å². The molecule has 0 fully saturated rings. The highest BCUT2D eigenvalue weighted by atomic mass is 32.1. The Balaban J connectivity index is 1.77. The molecule has 0 aliphatic carbocycles. The predicted octanol–water partition coefficient (Wildman–Crippen LogP) is 2.37. The second-order valence-corrected chi connectivity index (χ2v) is 6.35. The SMILES string of the molecule is Cc1oc(CN2CCc3sccc3C2C)cc1C(=O)NN. The van der Waals surface area contributed by atoms with Crippen molar-refractivity contribution in [2.45, 2.75) is 32.9 Å². The van der Waals surface area contributed by atoms with Crippen LogP contribution >= 0.6 is 11.3 Å². The molecule has 2 aromatic rings. The summed E-state index contributed by atoms with van der Waals surface area (Å²) in [6, 6.07) is 4.36. The average molecular weight is 305 g/mol. The van der Waals surface area contributed by atoms with Crippen LogP contribution in [0.3, 0.4) is 0 Å². The first-order valence-electron chi connectivity index (χ1n) is 7.00. The fourth-order valence-corrected chi connectivity index (χ4v) is 3.87. The third kappa shape index (κ3) is 2.62. The number of fused-ring (bicyclic) bond motifs is 1. The monoisotopic (exact) mass is 305 g/mol. The summed E-state index contributed by atoms with van der Waals surface area (Å²) in [6.07, 6.45) is 1.08. The molecule has 1 aliphatic rings. The van der Waals surface area contributed by atoms with Crippen molar-refractivity contribution in [3.8, 4) is 0 Å². The first kappa shape index (κ1) is 14.3. The van der Waals surface area contributed by atoms with Crippen molar-refractivity contribution >= 4 is 17.2 Å². The minimum Gasteiger partial charge on any atom is -0.464 e. The zero-order chi connectivity index (χ0) is 15.0. The van der Waals surface area contributed by atoms with Gasteiger partial charge in [-0.15, -0.1) is 11.3 Å². The van der Waals surface area contributed by atoms with Gasteiger partial charge in [-0.1, -0.05) is 0 Å². The largest absolute Gasteiger partial charge is 0.464 e. The number of rotatable bonds is 3.